The SMILES string of the molecule is C1=CN2Cn3cccc3N=C2C1. The first-order chi connectivity index (χ1) is 5.93. The maximum atomic E-state index is 4.51. The van der Waals surface area contributed by atoms with Gasteiger partial charge in [0.2, 0.25) is 0 Å². The van der Waals surface area contributed by atoms with Crippen LogP contribution in [0, 0.1) is 0 Å². The van der Waals surface area contributed by atoms with E-state index < -0.39 is 0 Å². The molecule has 60 valence electrons. The topological polar surface area (TPSA) is 20.5 Å². The fourth-order valence-corrected chi connectivity index (χ4v) is 1.65. The van der Waals surface area contributed by atoms with Crippen molar-refractivity contribution in [3.05, 3.63) is 30.6 Å². The molecule has 12 heavy (non-hydrogen) atoms. The molecule has 0 radical (unpaired) electrons. The van der Waals surface area contributed by atoms with Crippen LogP contribution in [0.25, 0.3) is 0 Å². The molecule has 3 nitrogen and oxygen atoms in total. The van der Waals surface area contributed by atoms with E-state index in [-0.39, 0.29) is 0 Å². The Morgan fingerprint density at radius 1 is 1.42 bits per heavy atom. The van der Waals surface area contributed by atoms with Crippen molar-refractivity contribution in [1.82, 2.24) is 9.47 Å². The molecule has 2 aliphatic rings. The number of hydrogen-bond acceptors (Lipinski definition) is 2. The van der Waals surface area contributed by atoms with Crippen LogP contribution < -0.4 is 0 Å². The van der Waals surface area contributed by atoms with Crippen molar-refractivity contribution in [2.24, 2.45) is 4.99 Å². The van der Waals surface area contributed by atoms with Crippen LogP contribution >= 0.6 is 0 Å². The summed E-state index contributed by atoms with van der Waals surface area (Å²) in [6.45, 7) is 0.914. The average Bonchev–Trinajstić information content (AvgIpc) is 2.64. The van der Waals surface area contributed by atoms with Gasteiger partial charge in [0.15, 0.2) is 0 Å². The number of nitrogens with zero attached hydrogens (tertiary/aromatic N) is 3. The number of aliphatic imine (C=N–C) groups is 1. The lowest BCUT2D eigenvalue weighted by Crippen LogP contribution is -2.27. The van der Waals surface area contributed by atoms with Gasteiger partial charge in [0.1, 0.15) is 18.3 Å². The van der Waals surface area contributed by atoms with Crippen molar-refractivity contribution in [2.75, 3.05) is 0 Å². The van der Waals surface area contributed by atoms with Crippen molar-refractivity contribution in [3.63, 3.8) is 0 Å². The second-order valence-corrected chi connectivity index (χ2v) is 3.06. The number of aromatic nitrogens is 1. The first kappa shape index (κ1) is 6.06. The Bertz CT molecular complexity index is 373. The quantitative estimate of drug-likeness (QED) is 0.564. The molecule has 0 unspecified atom stereocenters. The van der Waals surface area contributed by atoms with E-state index in [4.69, 9.17) is 0 Å². The highest BCUT2D eigenvalue weighted by atomic mass is 15.3. The molecule has 0 saturated heterocycles. The molecule has 0 N–H and O–H groups in total. The summed E-state index contributed by atoms with van der Waals surface area (Å²) in [4.78, 5) is 6.68. The van der Waals surface area contributed by atoms with Gasteiger partial charge < -0.3 is 9.47 Å². The zero-order valence-electron chi connectivity index (χ0n) is 6.64. The lowest BCUT2D eigenvalue weighted by atomic mass is 10.4. The van der Waals surface area contributed by atoms with Gasteiger partial charge >= 0.3 is 0 Å². The van der Waals surface area contributed by atoms with Crippen LogP contribution in [-0.2, 0) is 6.67 Å². The molecule has 1 aromatic rings. The first-order valence-corrected chi connectivity index (χ1v) is 4.09. The zero-order valence-corrected chi connectivity index (χ0v) is 6.64. The molecular weight excluding hydrogens is 150 g/mol. The number of rotatable bonds is 0. The van der Waals surface area contributed by atoms with Crippen LogP contribution in [0.5, 0.6) is 0 Å². The van der Waals surface area contributed by atoms with Gasteiger partial charge in [-0.25, -0.2) is 4.99 Å². The summed E-state index contributed by atoms with van der Waals surface area (Å²) < 4.78 is 2.14. The third-order valence-corrected chi connectivity index (χ3v) is 2.27. The molecule has 3 rings (SSSR count). The predicted molar refractivity (Wildman–Crippen MR) is 47.1 cm³/mol. The fourth-order valence-electron chi connectivity index (χ4n) is 1.65. The molecule has 3 heteroatoms. The van der Waals surface area contributed by atoms with Crippen molar-refractivity contribution in [2.45, 2.75) is 13.1 Å². The Balaban J connectivity index is 2.13. The Kier molecular flexibility index (Phi) is 1.01. The Morgan fingerprint density at radius 3 is 3.42 bits per heavy atom. The lowest BCUT2D eigenvalue weighted by molar-refractivity contribution is 0.436. The molecule has 1 aromatic heterocycles. The van der Waals surface area contributed by atoms with Gasteiger partial charge in [-0.1, -0.05) is 6.08 Å². The van der Waals surface area contributed by atoms with Crippen LogP contribution in [0.3, 0.4) is 0 Å². The molecule has 0 saturated carbocycles. The van der Waals surface area contributed by atoms with E-state index >= 15 is 0 Å². The molecule has 2 aliphatic heterocycles. The van der Waals surface area contributed by atoms with E-state index in [1.807, 2.05) is 12.1 Å². The molecule has 0 aromatic carbocycles. The summed E-state index contributed by atoms with van der Waals surface area (Å²) in [5.41, 5.74) is 0. The Hall–Kier alpha value is -1.51. The second kappa shape index (κ2) is 2.00. The number of amidine groups is 1. The van der Waals surface area contributed by atoms with Crippen LogP contribution in [0.1, 0.15) is 6.42 Å². The molecule has 0 atom stereocenters. The molecule has 0 fully saturated rings. The Morgan fingerprint density at radius 2 is 2.42 bits per heavy atom. The largest absolute Gasteiger partial charge is 0.318 e. The number of fused-ring (bicyclic) bond motifs is 2. The van der Waals surface area contributed by atoms with Crippen LogP contribution in [0.2, 0.25) is 0 Å². The fraction of sp³-hybridized carbons (Fsp3) is 0.222. The smallest absolute Gasteiger partial charge is 0.136 e. The van der Waals surface area contributed by atoms with E-state index in [1.54, 1.807) is 0 Å². The van der Waals surface area contributed by atoms with Crippen molar-refractivity contribution in [1.29, 1.82) is 0 Å². The van der Waals surface area contributed by atoms with Gasteiger partial charge in [-0.2, -0.15) is 0 Å². The minimum atomic E-state index is 0.914. The summed E-state index contributed by atoms with van der Waals surface area (Å²) in [5.74, 6) is 2.24. The normalized spacial score (nSPS) is 19.0. The maximum absolute atomic E-state index is 4.51. The van der Waals surface area contributed by atoms with Gasteiger partial charge in [-0.15, -0.1) is 0 Å². The summed E-state index contributed by atoms with van der Waals surface area (Å²) in [6, 6.07) is 4.08. The molecule has 0 spiro atoms. The average molecular weight is 159 g/mol. The van der Waals surface area contributed by atoms with E-state index in [2.05, 4.69) is 32.9 Å². The molecular formula is C9H9N3. The highest BCUT2D eigenvalue weighted by molar-refractivity contribution is 5.89. The zero-order chi connectivity index (χ0) is 7.97. The van der Waals surface area contributed by atoms with E-state index in [1.165, 1.54) is 5.84 Å². The van der Waals surface area contributed by atoms with Crippen molar-refractivity contribution < 1.29 is 0 Å². The third-order valence-electron chi connectivity index (χ3n) is 2.27. The third kappa shape index (κ3) is 0.679. The molecule has 0 aliphatic carbocycles. The molecule has 3 heterocycles. The van der Waals surface area contributed by atoms with Crippen LogP contribution in [-0.4, -0.2) is 15.3 Å². The van der Waals surface area contributed by atoms with Gasteiger partial charge in [0, 0.05) is 18.8 Å². The lowest BCUT2D eigenvalue weighted by Gasteiger charge is -2.23. The second-order valence-electron chi connectivity index (χ2n) is 3.06. The monoisotopic (exact) mass is 159 g/mol. The van der Waals surface area contributed by atoms with Crippen LogP contribution in [0.15, 0.2) is 35.6 Å². The minimum absolute atomic E-state index is 0.914. The van der Waals surface area contributed by atoms with Crippen molar-refractivity contribution >= 4 is 11.7 Å². The highest BCUT2D eigenvalue weighted by Crippen LogP contribution is 2.23. The highest BCUT2D eigenvalue weighted by Gasteiger charge is 2.18. The summed E-state index contributed by atoms with van der Waals surface area (Å²) >= 11 is 0. The van der Waals surface area contributed by atoms with E-state index in [0.29, 0.717) is 0 Å². The van der Waals surface area contributed by atoms with Gasteiger partial charge in [0.25, 0.3) is 0 Å². The van der Waals surface area contributed by atoms with Gasteiger partial charge in [-0.05, 0) is 12.1 Å². The van der Waals surface area contributed by atoms with E-state index in [9.17, 15) is 0 Å². The first-order valence-electron chi connectivity index (χ1n) is 4.09. The number of hydrogen-bond donors (Lipinski definition) is 0. The van der Waals surface area contributed by atoms with Crippen LogP contribution in [0.4, 0.5) is 5.82 Å². The van der Waals surface area contributed by atoms with E-state index in [0.717, 1.165) is 18.9 Å². The Labute approximate surface area is 70.6 Å². The maximum Gasteiger partial charge on any atom is 0.136 e. The predicted octanol–water partition coefficient (Wildman–Crippen LogP) is 1.71. The standard InChI is InChI=1S/C9H9N3/c1-3-8-10-9-4-2-6-12(9)7-11(8)5-1/h1-3,5-6H,4,7H2. The molecule has 0 bridgehead atoms. The van der Waals surface area contributed by atoms with Crippen molar-refractivity contribution in [3.8, 4) is 0 Å². The minimum Gasteiger partial charge on any atom is -0.318 e. The summed E-state index contributed by atoms with van der Waals surface area (Å²) in [7, 11) is 0. The van der Waals surface area contributed by atoms with Gasteiger partial charge in [0.05, 0.1) is 0 Å². The summed E-state index contributed by atoms with van der Waals surface area (Å²) in [5, 5.41) is 0. The summed E-state index contributed by atoms with van der Waals surface area (Å²) in [6.07, 6.45) is 7.28. The molecule has 0 amide bonds. The van der Waals surface area contributed by atoms with Gasteiger partial charge in [-0.3, -0.25) is 0 Å².